The minimum absolute atomic E-state index is 0.826. The number of aryl methyl sites for hydroxylation is 3. The van der Waals surface area contributed by atoms with E-state index in [1.54, 1.807) is 0 Å². The zero-order chi connectivity index (χ0) is 13.8. The number of rotatable bonds is 5. The third-order valence-corrected chi connectivity index (χ3v) is 3.04. The largest absolute Gasteiger partial charge is 0.316 e. The Labute approximate surface area is 114 Å². The van der Waals surface area contributed by atoms with Crippen molar-refractivity contribution in [2.24, 2.45) is 0 Å². The highest BCUT2D eigenvalue weighted by molar-refractivity contribution is 5.35. The second-order valence-corrected chi connectivity index (χ2v) is 4.58. The van der Waals surface area contributed by atoms with Crippen molar-refractivity contribution in [3.63, 3.8) is 0 Å². The molecule has 0 fully saturated rings. The quantitative estimate of drug-likeness (QED) is 0.890. The summed E-state index contributed by atoms with van der Waals surface area (Å²) in [5.41, 5.74) is 2.30. The Balaban J connectivity index is 2.43. The fourth-order valence-electron chi connectivity index (χ4n) is 2.09. The van der Waals surface area contributed by atoms with Gasteiger partial charge in [-0.05, 0) is 31.2 Å². The van der Waals surface area contributed by atoms with Crippen molar-refractivity contribution in [3.8, 4) is 5.82 Å². The van der Waals surface area contributed by atoms with E-state index in [-0.39, 0.29) is 0 Å². The molecule has 5 nitrogen and oxygen atoms in total. The summed E-state index contributed by atoms with van der Waals surface area (Å²) in [7, 11) is 1.93. The molecule has 5 heteroatoms. The number of hydrogen-bond donors (Lipinski definition) is 1. The molecule has 102 valence electrons. The molecule has 0 saturated heterocycles. The molecule has 0 aliphatic heterocycles. The van der Waals surface area contributed by atoms with Crippen LogP contribution in [0.5, 0.6) is 0 Å². The molecule has 0 spiro atoms. The van der Waals surface area contributed by atoms with Crippen LogP contribution >= 0.6 is 0 Å². The van der Waals surface area contributed by atoms with Crippen molar-refractivity contribution in [2.75, 3.05) is 7.05 Å². The van der Waals surface area contributed by atoms with Gasteiger partial charge < -0.3 is 5.32 Å². The summed E-state index contributed by atoms with van der Waals surface area (Å²) in [6.45, 7) is 7.04. The van der Waals surface area contributed by atoms with E-state index in [2.05, 4.69) is 47.2 Å². The van der Waals surface area contributed by atoms with Gasteiger partial charge in [-0.25, -0.2) is 9.97 Å². The summed E-state index contributed by atoms with van der Waals surface area (Å²) in [5.74, 6) is 2.72. The van der Waals surface area contributed by atoms with Crippen LogP contribution in [0.3, 0.4) is 0 Å². The lowest BCUT2D eigenvalue weighted by molar-refractivity contribution is 0.755. The van der Waals surface area contributed by atoms with Crippen molar-refractivity contribution in [2.45, 2.75) is 40.2 Å². The van der Waals surface area contributed by atoms with Gasteiger partial charge in [0.05, 0.1) is 0 Å². The minimum atomic E-state index is 0.826. The van der Waals surface area contributed by atoms with Crippen LogP contribution in [-0.2, 0) is 19.4 Å². The molecule has 0 unspecified atom stereocenters. The maximum absolute atomic E-state index is 4.54. The molecule has 0 atom stereocenters. The monoisotopic (exact) mass is 259 g/mol. The normalized spacial score (nSPS) is 10.9. The summed E-state index contributed by atoms with van der Waals surface area (Å²) >= 11 is 0. The van der Waals surface area contributed by atoms with Crippen LogP contribution in [0.1, 0.15) is 36.6 Å². The maximum atomic E-state index is 4.54. The summed E-state index contributed by atoms with van der Waals surface area (Å²) in [6, 6.07) is 2.14. The number of pyridine rings is 1. The molecule has 0 amide bonds. The Morgan fingerprint density at radius 1 is 1.26 bits per heavy atom. The summed E-state index contributed by atoms with van der Waals surface area (Å²) in [4.78, 5) is 9.07. The van der Waals surface area contributed by atoms with Crippen LogP contribution in [0.4, 0.5) is 0 Å². The van der Waals surface area contributed by atoms with Crippen LogP contribution in [-0.4, -0.2) is 26.8 Å². The highest BCUT2D eigenvalue weighted by atomic mass is 15.4. The van der Waals surface area contributed by atoms with E-state index in [9.17, 15) is 0 Å². The SMILES string of the molecule is CCc1nc(CC)n(-c2ncc(CNC)cc2C)n1. The van der Waals surface area contributed by atoms with Gasteiger partial charge in [0.2, 0.25) is 0 Å². The van der Waals surface area contributed by atoms with Gasteiger partial charge in [0.25, 0.3) is 0 Å². The maximum Gasteiger partial charge on any atom is 0.158 e. The van der Waals surface area contributed by atoms with Gasteiger partial charge in [-0.1, -0.05) is 13.8 Å². The first-order valence-electron chi connectivity index (χ1n) is 6.74. The molecule has 0 saturated carbocycles. The van der Waals surface area contributed by atoms with Crippen molar-refractivity contribution in [1.29, 1.82) is 0 Å². The topological polar surface area (TPSA) is 55.6 Å². The Kier molecular flexibility index (Phi) is 4.27. The molecule has 0 radical (unpaired) electrons. The first-order valence-corrected chi connectivity index (χ1v) is 6.74. The van der Waals surface area contributed by atoms with Crippen LogP contribution in [0.2, 0.25) is 0 Å². The second-order valence-electron chi connectivity index (χ2n) is 4.58. The van der Waals surface area contributed by atoms with Crippen molar-refractivity contribution >= 4 is 0 Å². The molecule has 0 aromatic carbocycles. The zero-order valence-corrected chi connectivity index (χ0v) is 12.1. The first kappa shape index (κ1) is 13.7. The van der Waals surface area contributed by atoms with Crippen molar-refractivity contribution in [3.05, 3.63) is 35.0 Å². The lowest BCUT2D eigenvalue weighted by atomic mass is 10.2. The van der Waals surface area contributed by atoms with E-state index in [1.165, 1.54) is 5.56 Å². The van der Waals surface area contributed by atoms with Gasteiger partial charge >= 0.3 is 0 Å². The molecular weight excluding hydrogens is 238 g/mol. The Bertz CT molecular complexity index is 559. The fraction of sp³-hybridized carbons (Fsp3) is 0.500. The van der Waals surface area contributed by atoms with Crippen LogP contribution < -0.4 is 5.32 Å². The number of nitrogens with zero attached hydrogens (tertiary/aromatic N) is 4. The Morgan fingerprint density at radius 2 is 2.05 bits per heavy atom. The highest BCUT2D eigenvalue weighted by Gasteiger charge is 2.12. The average molecular weight is 259 g/mol. The second kappa shape index (κ2) is 5.93. The van der Waals surface area contributed by atoms with E-state index in [0.29, 0.717) is 0 Å². The van der Waals surface area contributed by atoms with Gasteiger partial charge in [-0.15, -0.1) is 5.10 Å². The highest BCUT2D eigenvalue weighted by Crippen LogP contribution is 2.14. The van der Waals surface area contributed by atoms with Crippen molar-refractivity contribution < 1.29 is 0 Å². The zero-order valence-electron chi connectivity index (χ0n) is 12.1. The van der Waals surface area contributed by atoms with E-state index in [1.807, 2.05) is 17.9 Å². The lowest BCUT2D eigenvalue weighted by Crippen LogP contribution is -2.10. The van der Waals surface area contributed by atoms with E-state index in [4.69, 9.17) is 0 Å². The fourth-order valence-corrected chi connectivity index (χ4v) is 2.09. The van der Waals surface area contributed by atoms with E-state index in [0.717, 1.165) is 42.4 Å². The lowest BCUT2D eigenvalue weighted by Gasteiger charge is -2.08. The van der Waals surface area contributed by atoms with E-state index >= 15 is 0 Å². The van der Waals surface area contributed by atoms with Gasteiger partial charge in [0, 0.05) is 25.6 Å². The summed E-state index contributed by atoms with van der Waals surface area (Å²) in [5, 5.41) is 7.67. The number of hydrogen-bond acceptors (Lipinski definition) is 4. The third-order valence-electron chi connectivity index (χ3n) is 3.04. The van der Waals surface area contributed by atoms with Gasteiger partial charge in [0.1, 0.15) is 5.82 Å². The van der Waals surface area contributed by atoms with Crippen molar-refractivity contribution in [1.82, 2.24) is 25.1 Å². The molecular formula is C14H21N5. The van der Waals surface area contributed by atoms with Crippen LogP contribution in [0.25, 0.3) is 5.82 Å². The molecule has 0 aliphatic carbocycles. The molecule has 0 aliphatic rings. The molecule has 1 N–H and O–H groups in total. The Morgan fingerprint density at radius 3 is 2.63 bits per heavy atom. The van der Waals surface area contributed by atoms with Crippen LogP contribution in [0.15, 0.2) is 12.3 Å². The first-order chi connectivity index (χ1) is 9.19. The average Bonchev–Trinajstić information content (AvgIpc) is 2.82. The molecule has 0 bridgehead atoms. The van der Waals surface area contributed by atoms with Crippen LogP contribution in [0, 0.1) is 6.92 Å². The number of nitrogens with one attached hydrogen (secondary N) is 1. The molecule has 2 rings (SSSR count). The predicted octanol–water partition coefficient (Wildman–Crippen LogP) is 1.81. The van der Waals surface area contributed by atoms with Gasteiger partial charge in [-0.3, -0.25) is 0 Å². The summed E-state index contributed by atoms with van der Waals surface area (Å²) < 4.78 is 1.87. The third kappa shape index (κ3) is 2.81. The van der Waals surface area contributed by atoms with E-state index < -0.39 is 0 Å². The predicted molar refractivity (Wildman–Crippen MR) is 75.4 cm³/mol. The van der Waals surface area contributed by atoms with Gasteiger partial charge in [-0.2, -0.15) is 4.68 Å². The molecule has 2 heterocycles. The minimum Gasteiger partial charge on any atom is -0.316 e. The standard InChI is InChI=1S/C14H21N5/c1-5-12-17-13(6-2)19(18-12)14-10(3)7-11(8-15-4)9-16-14/h7,9,15H,5-6,8H2,1-4H3. The molecule has 2 aromatic rings. The smallest absolute Gasteiger partial charge is 0.158 e. The summed E-state index contributed by atoms with van der Waals surface area (Å²) in [6.07, 6.45) is 3.59. The van der Waals surface area contributed by atoms with Gasteiger partial charge in [0.15, 0.2) is 11.6 Å². The Hall–Kier alpha value is -1.75. The number of aromatic nitrogens is 4. The molecule has 2 aromatic heterocycles. The molecule has 19 heavy (non-hydrogen) atoms.